The van der Waals surface area contributed by atoms with E-state index in [4.69, 9.17) is 4.74 Å². The van der Waals surface area contributed by atoms with Crippen molar-refractivity contribution < 1.29 is 19.1 Å². The number of alkyl carbamates (subject to hydrolysis) is 1. The molecule has 0 aliphatic heterocycles. The maximum atomic E-state index is 11.8. The Balaban J connectivity index is 2.99. The molecule has 0 spiro atoms. The summed E-state index contributed by atoms with van der Waals surface area (Å²) in [5.41, 5.74) is 0.776. The molecular weight excluding hydrogens is 274 g/mol. The molecule has 1 amide bonds. The largest absolute Gasteiger partial charge is 0.464 e. The van der Waals surface area contributed by atoms with E-state index in [2.05, 4.69) is 15.2 Å². The first kappa shape index (κ1) is 16.7. The lowest BCUT2D eigenvalue weighted by Gasteiger charge is -2.20. The van der Waals surface area contributed by atoms with Crippen LogP contribution in [-0.4, -0.2) is 34.6 Å². The second-order valence-corrected chi connectivity index (χ2v) is 5.51. The fourth-order valence-corrected chi connectivity index (χ4v) is 1.58. The van der Waals surface area contributed by atoms with Crippen LogP contribution in [0, 0.1) is 6.92 Å². The summed E-state index contributed by atoms with van der Waals surface area (Å²) in [4.78, 5) is 23.5. The van der Waals surface area contributed by atoms with Gasteiger partial charge in [-0.25, -0.2) is 9.59 Å². The normalized spacial score (nSPS) is 12.0. The highest BCUT2D eigenvalue weighted by Gasteiger charge is 2.20. The molecule has 116 valence electrons. The first-order chi connectivity index (χ1) is 9.62. The Hall–Kier alpha value is -2.31. The van der Waals surface area contributed by atoms with Crippen LogP contribution in [0.1, 0.15) is 32.2 Å². The van der Waals surface area contributed by atoms with Gasteiger partial charge in [0.1, 0.15) is 11.3 Å². The highest BCUT2D eigenvalue weighted by Crippen LogP contribution is 2.10. The van der Waals surface area contributed by atoms with Gasteiger partial charge in [0, 0.05) is 7.05 Å². The maximum Gasteiger partial charge on any atom is 0.412 e. The summed E-state index contributed by atoms with van der Waals surface area (Å²) >= 11 is 0. The van der Waals surface area contributed by atoms with Crippen LogP contribution in [0.5, 0.6) is 0 Å². The lowest BCUT2D eigenvalue weighted by molar-refractivity contribution is -0.136. The average Bonchev–Trinajstić information content (AvgIpc) is 2.63. The second-order valence-electron chi connectivity index (χ2n) is 5.51. The van der Waals surface area contributed by atoms with E-state index >= 15 is 0 Å². The quantitative estimate of drug-likeness (QED) is 0.678. The van der Waals surface area contributed by atoms with Crippen LogP contribution in [0.2, 0.25) is 0 Å². The van der Waals surface area contributed by atoms with Gasteiger partial charge in [-0.05, 0) is 39.8 Å². The molecule has 1 N–H and O–H groups in total. The Kier molecular flexibility index (Phi) is 5.12. The van der Waals surface area contributed by atoms with E-state index in [9.17, 15) is 9.59 Å². The van der Waals surface area contributed by atoms with Crippen molar-refractivity contribution in [2.75, 3.05) is 7.11 Å². The minimum atomic E-state index is -0.724. The smallest absolute Gasteiger partial charge is 0.412 e. The Morgan fingerprint density at radius 1 is 1.38 bits per heavy atom. The molecule has 21 heavy (non-hydrogen) atoms. The topological polar surface area (TPSA) is 82.5 Å². The molecule has 1 aromatic heterocycles. The van der Waals surface area contributed by atoms with E-state index in [1.165, 1.54) is 13.2 Å². The number of esters is 1. The Morgan fingerprint density at radius 2 is 2.00 bits per heavy atom. The van der Waals surface area contributed by atoms with Gasteiger partial charge in [0.2, 0.25) is 0 Å². The molecule has 0 bridgehead atoms. The number of rotatable bonds is 3. The monoisotopic (exact) mass is 295 g/mol. The van der Waals surface area contributed by atoms with Crippen LogP contribution in [-0.2, 0) is 21.3 Å². The van der Waals surface area contributed by atoms with Gasteiger partial charge in [0.05, 0.1) is 18.5 Å². The van der Waals surface area contributed by atoms with E-state index in [1.807, 2.05) is 6.92 Å². The minimum Gasteiger partial charge on any atom is -0.464 e. The standard InChI is InChI=1S/C14H21N3O4/c1-9-7-10(17(5)16-9)8-11(12(18)20-6)15-13(19)21-14(2,3)4/h7-8H,1-6H3,(H,15,19)/b11-8+. The maximum absolute atomic E-state index is 11.8. The van der Waals surface area contributed by atoms with Gasteiger partial charge in [0.15, 0.2) is 0 Å². The van der Waals surface area contributed by atoms with Crippen LogP contribution in [0.25, 0.3) is 6.08 Å². The van der Waals surface area contributed by atoms with Crippen LogP contribution >= 0.6 is 0 Å². The average molecular weight is 295 g/mol. The van der Waals surface area contributed by atoms with Crippen LogP contribution in [0.15, 0.2) is 11.8 Å². The van der Waals surface area contributed by atoms with E-state index < -0.39 is 17.7 Å². The molecule has 0 atom stereocenters. The Morgan fingerprint density at radius 3 is 2.43 bits per heavy atom. The summed E-state index contributed by atoms with van der Waals surface area (Å²) in [7, 11) is 2.97. The predicted octanol–water partition coefficient (Wildman–Crippen LogP) is 1.77. The van der Waals surface area contributed by atoms with Crippen LogP contribution in [0.4, 0.5) is 4.79 Å². The molecule has 0 unspecified atom stereocenters. The van der Waals surface area contributed by atoms with Crippen molar-refractivity contribution in [2.24, 2.45) is 7.05 Å². The van der Waals surface area contributed by atoms with Crippen molar-refractivity contribution >= 4 is 18.1 Å². The molecule has 0 saturated heterocycles. The molecule has 0 aromatic carbocycles. The van der Waals surface area contributed by atoms with E-state index in [0.717, 1.165) is 5.69 Å². The van der Waals surface area contributed by atoms with Gasteiger partial charge in [0.25, 0.3) is 0 Å². The number of methoxy groups -OCH3 is 1. The molecule has 7 nitrogen and oxygen atoms in total. The van der Waals surface area contributed by atoms with Crippen molar-refractivity contribution in [3.05, 3.63) is 23.2 Å². The van der Waals surface area contributed by atoms with Crippen molar-refractivity contribution in [2.45, 2.75) is 33.3 Å². The van der Waals surface area contributed by atoms with Crippen molar-refractivity contribution in [3.63, 3.8) is 0 Å². The highest BCUT2D eigenvalue weighted by molar-refractivity contribution is 5.96. The third kappa shape index (κ3) is 5.29. The van der Waals surface area contributed by atoms with Crippen molar-refractivity contribution in [1.82, 2.24) is 15.1 Å². The summed E-state index contributed by atoms with van der Waals surface area (Å²) in [5, 5.41) is 6.56. The lowest BCUT2D eigenvalue weighted by atomic mass is 10.2. The van der Waals surface area contributed by atoms with Gasteiger partial charge in [-0.15, -0.1) is 0 Å². The first-order valence-electron chi connectivity index (χ1n) is 6.43. The molecule has 1 rings (SSSR count). The SMILES string of the molecule is COC(=O)/C(=C\c1cc(C)nn1C)NC(=O)OC(C)(C)C. The van der Waals surface area contributed by atoms with Crippen molar-refractivity contribution in [1.29, 1.82) is 0 Å². The fourth-order valence-electron chi connectivity index (χ4n) is 1.58. The fraction of sp³-hybridized carbons (Fsp3) is 0.500. The zero-order chi connectivity index (χ0) is 16.2. The van der Waals surface area contributed by atoms with Crippen LogP contribution < -0.4 is 5.32 Å². The molecule has 0 radical (unpaired) electrons. The Bertz CT molecular complexity index is 567. The predicted molar refractivity (Wildman–Crippen MR) is 77.3 cm³/mol. The summed E-state index contributed by atoms with van der Waals surface area (Å²) in [6.07, 6.45) is 0.758. The number of nitrogens with zero attached hydrogens (tertiary/aromatic N) is 2. The third-order valence-electron chi connectivity index (χ3n) is 2.37. The summed E-state index contributed by atoms with van der Waals surface area (Å²) in [5.74, 6) is -0.667. The number of amides is 1. The number of aryl methyl sites for hydroxylation is 2. The first-order valence-corrected chi connectivity index (χ1v) is 6.43. The van der Waals surface area contributed by atoms with Gasteiger partial charge in [-0.2, -0.15) is 5.10 Å². The summed E-state index contributed by atoms with van der Waals surface area (Å²) in [6, 6.07) is 1.78. The van der Waals surface area contributed by atoms with Gasteiger partial charge in [-0.3, -0.25) is 10.00 Å². The number of carbonyl (C=O) groups excluding carboxylic acids is 2. The molecule has 0 fully saturated rings. The number of nitrogens with one attached hydrogen (secondary N) is 1. The van der Waals surface area contributed by atoms with Crippen molar-refractivity contribution in [3.8, 4) is 0 Å². The molecule has 0 aliphatic rings. The number of hydrogen-bond donors (Lipinski definition) is 1. The number of ether oxygens (including phenoxy) is 2. The van der Waals surface area contributed by atoms with E-state index in [-0.39, 0.29) is 5.70 Å². The zero-order valence-corrected chi connectivity index (χ0v) is 13.2. The molecule has 0 aliphatic carbocycles. The zero-order valence-electron chi connectivity index (χ0n) is 13.2. The summed E-state index contributed by atoms with van der Waals surface area (Å²) < 4.78 is 11.4. The minimum absolute atomic E-state index is 0.0187. The molecule has 1 heterocycles. The van der Waals surface area contributed by atoms with Gasteiger partial charge >= 0.3 is 12.1 Å². The summed E-state index contributed by atoms with van der Waals surface area (Å²) in [6.45, 7) is 7.03. The molecular formula is C14H21N3O4. The molecule has 0 saturated carbocycles. The third-order valence-corrected chi connectivity index (χ3v) is 2.37. The van der Waals surface area contributed by atoms with E-state index in [1.54, 1.807) is 38.6 Å². The number of hydrogen-bond acceptors (Lipinski definition) is 5. The number of aromatic nitrogens is 2. The number of carbonyl (C=O) groups is 2. The lowest BCUT2D eigenvalue weighted by Crippen LogP contribution is -2.34. The van der Waals surface area contributed by atoms with E-state index in [0.29, 0.717) is 5.69 Å². The Labute approximate surface area is 123 Å². The highest BCUT2D eigenvalue weighted by atomic mass is 16.6. The molecule has 7 heteroatoms. The second kappa shape index (κ2) is 6.43. The van der Waals surface area contributed by atoms with Crippen LogP contribution in [0.3, 0.4) is 0 Å². The van der Waals surface area contributed by atoms with Gasteiger partial charge in [-0.1, -0.05) is 0 Å². The van der Waals surface area contributed by atoms with Gasteiger partial charge < -0.3 is 9.47 Å². The molecule has 1 aromatic rings.